The fourth-order valence-electron chi connectivity index (χ4n) is 6.88. The number of rotatable bonds is 5. The van der Waals surface area contributed by atoms with Crippen LogP contribution in [0.4, 0.5) is 4.79 Å². The Morgan fingerprint density at radius 3 is 2.56 bits per heavy atom. The minimum atomic E-state index is -1.48. The van der Waals surface area contributed by atoms with E-state index in [0.29, 0.717) is 24.1 Å². The Balaban J connectivity index is 1.38. The minimum absolute atomic E-state index is 0.0197. The fourth-order valence-corrected chi connectivity index (χ4v) is 7.54. The molecule has 1 saturated carbocycles. The van der Waals surface area contributed by atoms with Gasteiger partial charge >= 0.3 is 12.1 Å². The molecular weight excluding hydrogens is 659 g/mol. The number of carboxylic acid groups (broad SMARTS) is 1. The van der Waals surface area contributed by atoms with E-state index in [1.165, 1.54) is 27.0 Å². The lowest BCUT2D eigenvalue weighted by atomic mass is 10.0. The van der Waals surface area contributed by atoms with E-state index in [4.69, 9.17) is 9.84 Å². The third kappa shape index (κ3) is 7.52. The lowest BCUT2D eigenvalue weighted by Gasteiger charge is -2.30. The SMILES string of the molecule is CC(C)(C)OC(=O)N[C@H]1CCCCCC=C[C@@H]2C[C@@]2(C(=O)O)NC(=O)[C@@H]2C[C@H](n3nc(-c4ccccc4)c(-c4ccsc4)cc3=O)CN2C1=O. The first kappa shape index (κ1) is 35.1. The number of aliphatic carboxylic acids is 1. The molecule has 12 nitrogen and oxygen atoms in total. The first-order valence-corrected chi connectivity index (χ1v) is 18.0. The van der Waals surface area contributed by atoms with E-state index in [-0.39, 0.29) is 25.3 Å². The predicted octanol–water partition coefficient (Wildman–Crippen LogP) is 5.15. The molecule has 3 N–H and O–H groups in total. The molecule has 2 aromatic heterocycles. The molecule has 3 amide bonds. The molecule has 1 aliphatic carbocycles. The number of ether oxygens (including phenoxy) is 1. The molecule has 0 radical (unpaired) electrons. The van der Waals surface area contributed by atoms with Crippen molar-refractivity contribution in [2.45, 2.75) is 95.0 Å². The molecule has 2 fully saturated rings. The van der Waals surface area contributed by atoms with Crippen LogP contribution in [0.1, 0.15) is 71.8 Å². The Bertz CT molecular complexity index is 1830. The fraction of sp³-hybridized carbons (Fsp3) is 0.459. The molecule has 6 rings (SSSR count). The van der Waals surface area contributed by atoms with Crippen molar-refractivity contribution in [3.8, 4) is 22.4 Å². The standard InChI is InChI=1S/C37H43N5O7S/c1-36(2,3)49-35(48)38-28-15-11-6-4-5-10-14-25-20-37(25,34(46)47)39-32(44)29-18-26(21-41(29)33(28)45)42-30(43)19-27(24-16-17-50-22-24)31(40-42)23-12-8-7-9-13-23/h7-10,12-14,16-17,19,22,25-26,28-29H,4-6,11,15,18,20-21H2,1-3H3,(H,38,48)(H,39,44)(H,46,47)/t25-,26+,28+,29+,37-/m1/s1. The molecule has 5 atom stereocenters. The van der Waals surface area contributed by atoms with E-state index in [2.05, 4.69) is 10.6 Å². The van der Waals surface area contributed by atoms with Gasteiger partial charge in [0.25, 0.3) is 5.56 Å². The van der Waals surface area contributed by atoms with Crippen molar-refractivity contribution < 1.29 is 29.0 Å². The second-order valence-electron chi connectivity index (χ2n) is 14.3. The van der Waals surface area contributed by atoms with Gasteiger partial charge in [0.15, 0.2) is 0 Å². The van der Waals surface area contributed by atoms with E-state index in [1.54, 1.807) is 20.8 Å². The number of allylic oxidation sites excluding steroid dienone is 1. The van der Waals surface area contributed by atoms with Crippen LogP contribution >= 0.6 is 11.3 Å². The molecule has 1 saturated heterocycles. The van der Waals surface area contributed by atoms with Crippen LogP contribution in [-0.4, -0.2) is 73.4 Å². The summed E-state index contributed by atoms with van der Waals surface area (Å²) in [4.78, 5) is 69.1. The van der Waals surface area contributed by atoms with E-state index >= 15 is 0 Å². The molecule has 1 aromatic carbocycles. The number of aromatic nitrogens is 2. The van der Waals surface area contributed by atoms with Gasteiger partial charge in [-0.05, 0) is 68.8 Å². The third-order valence-electron chi connectivity index (χ3n) is 9.51. The molecule has 2 aliphatic heterocycles. The van der Waals surface area contributed by atoms with Crippen LogP contribution in [-0.2, 0) is 19.1 Å². The molecule has 264 valence electrons. The average Bonchev–Trinajstić information content (AvgIpc) is 3.39. The summed E-state index contributed by atoms with van der Waals surface area (Å²) in [6.07, 6.45) is 6.56. The Morgan fingerprint density at radius 2 is 1.86 bits per heavy atom. The molecule has 0 bridgehead atoms. The topological polar surface area (TPSA) is 160 Å². The van der Waals surface area contributed by atoms with Crippen molar-refractivity contribution in [1.82, 2.24) is 25.3 Å². The zero-order valence-corrected chi connectivity index (χ0v) is 29.3. The van der Waals surface area contributed by atoms with E-state index < -0.39 is 58.7 Å². The van der Waals surface area contributed by atoms with Crippen molar-refractivity contribution in [1.29, 1.82) is 0 Å². The molecule has 50 heavy (non-hydrogen) atoms. The number of carbonyl (C=O) groups excluding carboxylic acids is 3. The van der Waals surface area contributed by atoms with Crippen LogP contribution in [0, 0.1) is 5.92 Å². The second-order valence-corrected chi connectivity index (χ2v) is 15.1. The smallest absolute Gasteiger partial charge is 0.408 e. The van der Waals surface area contributed by atoms with Crippen LogP contribution < -0.4 is 16.2 Å². The van der Waals surface area contributed by atoms with Crippen LogP contribution in [0.15, 0.2) is 70.2 Å². The average molecular weight is 702 g/mol. The van der Waals surface area contributed by atoms with Crippen molar-refractivity contribution >= 4 is 35.2 Å². The van der Waals surface area contributed by atoms with Gasteiger partial charge in [0.05, 0.1) is 11.7 Å². The van der Waals surface area contributed by atoms with E-state index in [0.717, 1.165) is 30.4 Å². The molecular formula is C37H43N5O7S. The maximum atomic E-state index is 14.4. The number of hydrogen-bond donors (Lipinski definition) is 3. The Morgan fingerprint density at radius 1 is 1.08 bits per heavy atom. The molecule has 3 aliphatic rings. The maximum Gasteiger partial charge on any atom is 0.408 e. The van der Waals surface area contributed by atoms with Gasteiger partial charge < -0.3 is 25.4 Å². The second kappa shape index (κ2) is 14.2. The lowest BCUT2D eigenvalue weighted by molar-refractivity contribution is -0.145. The molecule has 0 unspecified atom stereocenters. The normalized spacial score (nSPS) is 25.8. The van der Waals surface area contributed by atoms with Crippen LogP contribution in [0.3, 0.4) is 0 Å². The predicted molar refractivity (Wildman–Crippen MR) is 188 cm³/mol. The summed E-state index contributed by atoms with van der Waals surface area (Å²) in [5, 5.41) is 24.4. The number of alkyl carbamates (subject to hydrolysis) is 1. The summed E-state index contributed by atoms with van der Waals surface area (Å²) in [7, 11) is 0. The van der Waals surface area contributed by atoms with Gasteiger partial charge in [0, 0.05) is 36.1 Å². The highest BCUT2D eigenvalue weighted by Crippen LogP contribution is 2.45. The zero-order valence-electron chi connectivity index (χ0n) is 28.5. The van der Waals surface area contributed by atoms with Gasteiger partial charge in [-0.2, -0.15) is 16.4 Å². The first-order chi connectivity index (χ1) is 23.9. The lowest BCUT2D eigenvalue weighted by Crippen LogP contribution is -2.56. The van der Waals surface area contributed by atoms with Gasteiger partial charge in [-0.15, -0.1) is 0 Å². The summed E-state index contributed by atoms with van der Waals surface area (Å²) < 4.78 is 6.81. The van der Waals surface area contributed by atoms with E-state index in [9.17, 15) is 29.1 Å². The number of thiophene rings is 1. The van der Waals surface area contributed by atoms with Crippen molar-refractivity contribution in [2.75, 3.05) is 6.54 Å². The first-order valence-electron chi connectivity index (χ1n) is 17.1. The third-order valence-corrected chi connectivity index (χ3v) is 10.2. The number of benzene rings is 1. The summed E-state index contributed by atoms with van der Waals surface area (Å²) in [5.41, 5.74) is 0.203. The van der Waals surface area contributed by atoms with Crippen LogP contribution in [0.25, 0.3) is 22.4 Å². The number of carbonyl (C=O) groups is 4. The Kier molecular flexibility index (Phi) is 9.97. The van der Waals surface area contributed by atoms with E-state index in [1.807, 2.05) is 59.3 Å². The molecule has 4 heterocycles. The van der Waals surface area contributed by atoms with Crippen molar-refractivity contribution in [3.63, 3.8) is 0 Å². The highest BCUT2D eigenvalue weighted by molar-refractivity contribution is 7.08. The van der Waals surface area contributed by atoms with Gasteiger partial charge in [-0.3, -0.25) is 14.4 Å². The van der Waals surface area contributed by atoms with Gasteiger partial charge in [-0.25, -0.2) is 14.3 Å². The zero-order chi connectivity index (χ0) is 35.6. The summed E-state index contributed by atoms with van der Waals surface area (Å²) in [6.45, 7) is 5.13. The van der Waals surface area contributed by atoms with Gasteiger partial charge in [0.1, 0.15) is 23.2 Å². The number of nitrogens with one attached hydrogen (secondary N) is 2. The number of fused-ring (bicyclic) bond motifs is 2. The molecule has 13 heteroatoms. The summed E-state index contributed by atoms with van der Waals surface area (Å²) in [6, 6.07) is 10.1. The number of nitrogens with zero attached hydrogens (tertiary/aromatic N) is 3. The van der Waals surface area contributed by atoms with Crippen LogP contribution in [0.5, 0.6) is 0 Å². The quantitative estimate of drug-likeness (QED) is 0.308. The highest BCUT2D eigenvalue weighted by Gasteiger charge is 2.61. The minimum Gasteiger partial charge on any atom is -0.479 e. The number of carboxylic acids is 1. The number of hydrogen-bond acceptors (Lipinski definition) is 8. The Hall–Kier alpha value is -4.78. The maximum absolute atomic E-state index is 14.4. The summed E-state index contributed by atoms with van der Waals surface area (Å²) in [5.74, 6) is -2.65. The van der Waals surface area contributed by atoms with Gasteiger partial charge in [0.2, 0.25) is 11.8 Å². The van der Waals surface area contributed by atoms with Crippen molar-refractivity contribution in [2.24, 2.45) is 5.92 Å². The van der Waals surface area contributed by atoms with Crippen molar-refractivity contribution in [3.05, 3.63) is 75.7 Å². The monoisotopic (exact) mass is 701 g/mol. The summed E-state index contributed by atoms with van der Waals surface area (Å²) >= 11 is 1.50. The Labute approximate surface area is 294 Å². The van der Waals surface area contributed by atoms with Crippen LogP contribution in [0.2, 0.25) is 0 Å². The molecule has 3 aromatic rings. The molecule has 0 spiro atoms. The number of amides is 3. The van der Waals surface area contributed by atoms with Gasteiger partial charge in [-0.1, -0.05) is 55.3 Å². The highest BCUT2D eigenvalue weighted by atomic mass is 32.1. The largest absolute Gasteiger partial charge is 0.479 e.